The molecule has 1 N–H and O–H groups in total. The van der Waals surface area contributed by atoms with Crippen molar-refractivity contribution < 1.29 is 9.90 Å². The Morgan fingerprint density at radius 1 is 1.50 bits per heavy atom. The SMILES string of the molecule is Cc1nn(C)c(CC(C(=O)O)c2ccccc2Br)c1Cl. The second-order valence-electron chi connectivity index (χ2n) is 4.59. The summed E-state index contributed by atoms with van der Waals surface area (Å²) in [5.41, 5.74) is 2.17. The average molecular weight is 358 g/mol. The van der Waals surface area contributed by atoms with Crippen molar-refractivity contribution in [3.63, 3.8) is 0 Å². The van der Waals surface area contributed by atoms with Crippen molar-refractivity contribution in [3.8, 4) is 0 Å². The number of aromatic nitrogens is 2. The van der Waals surface area contributed by atoms with Crippen molar-refractivity contribution in [3.05, 3.63) is 50.7 Å². The standard InChI is InChI=1S/C14H14BrClN2O2/c1-8-13(16)12(18(2)17-8)7-10(14(19)20)9-5-3-4-6-11(9)15/h3-6,10H,7H2,1-2H3,(H,19,20). The quantitative estimate of drug-likeness (QED) is 0.910. The van der Waals surface area contributed by atoms with E-state index in [2.05, 4.69) is 21.0 Å². The molecule has 0 bridgehead atoms. The number of carbonyl (C=O) groups is 1. The highest BCUT2D eigenvalue weighted by Crippen LogP contribution is 2.31. The van der Waals surface area contributed by atoms with Gasteiger partial charge in [-0.05, 0) is 18.6 Å². The molecule has 0 saturated carbocycles. The fraction of sp³-hybridized carbons (Fsp3) is 0.286. The highest BCUT2D eigenvalue weighted by Gasteiger charge is 2.25. The topological polar surface area (TPSA) is 55.1 Å². The van der Waals surface area contributed by atoms with Crippen LogP contribution in [0.1, 0.15) is 22.9 Å². The summed E-state index contributed by atoms with van der Waals surface area (Å²) in [5.74, 6) is -1.55. The van der Waals surface area contributed by atoms with E-state index >= 15 is 0 Å². The molecule has 1 unspecified atom stereocenters. The Hall–Kier alpha value is -1.33. The van der Waals surface area contributed by atoms with Crippen molar-refractivity contribution in [2.75, 3.05) is 0 Å². The number of hydrogen-bond donors (Lipinski definition) is 1. The number of carboxylic acid groups (broad SMARTS) is 1. The number of aliphatic carboxylic acids is 1. The van der Waals surface area contributed by atoms with Crippen LogP contribution in [0.5, 0.6) is 0 Å². The molecule has 0 amide bonds. The number of nitrogens with zero attached hydrogens (tertiary/aromatic N) is 2. The lowest BCUT2D eigenvalue weighted by Gasteiger charge is -2.15. The van der Waals surface area contributed by atoms with E-state index < -0.39 is 11.9 Å². The Bertz CT molecular complexity index is 655. The van der Waals surface area contributed by atoms with Gasteiger partial charge in [-0.3, -0.25) is 9.48 Å². The molecule has 2 rings (SSSR count). The van der Waals surface area contributed by atoms with Gasteiger partial charge in [-0.1, -0.05) is 45.7 Å². The van der Waals surface area contributed by atoms with Crippen molar-refractivity contribution >= 4 is 33.5 Å². The normalized spacial score (nSPS) is 12.4. The molecule has 2 aromatic rings. The van der Waals surface area contributed by atoms with E-state index in [9.17, 15) is 9.90 Å². The Balaban J connectivity index is 2.41. The van der Waals surface area contributed by atoms with E-state index in [4.69, 9.17) is 11.6 Å². The van der Waals surface area contributed by atoms with Crippen molar-refractivity contribution in [1.29, 1.82) is 0 Å². The summed E-state index contributed by atoms with van der Waals surface area (Å²) in [7, 11) is 1.77. The summed E-state index contributed by atoms with van der Waals surface area (Å²) < 4.78 is 2.42. The predicted octanol–water partition coefficient (Wildman–Crippen LogP) is 3.56. The zero-order valence-corrected chi connectivity index (χ0v) is 13.4. The number of carboxylic acids is 1. The van der Waals surface area contributed by atoms with Gasteiger partial charge in [0.25, 0.3) is 0 Å². The first-order chi connectivity index (χ1) is 9.41. The smallest absolute Gasteiger partial charge is 0.311 e. The van der Waals surface area contributed by atoms with E-state index in [1.165, 1.54) is 0 Å². The zero-order chi connectivity index (χ0) is 14.9. The molecule has 0 saturated heterocycles. The van der Waals surface area contributed by atoms with Crippen LogP contribution in [0.15, 0.2) is 28.7 Å². The van der Waals surface area contributed by atoms with Gasteiger partial charge in [0.05, 0.1) is 22.3 Å². The third kappa shape index (κ3) is 2.88. The Kier molecular flexibility index (Phi) is 4.50. The Morgan fingerprint density at radius 3 is 2.65 bits per heavy atom. The largest absolute Gasteiger partial charge is 0.481 e. The summed E-state index contributed by atoms with van der Waals surface area (Å²) in [6, 6.07) is 7.32. The molecule has 106 valence electrons. The monoisotopic (exact) mass is 356 g/mol. The van der Waals surface area contributed by atoms with Crippen LogP contribution in [0, 0.1) is 6.92 Å². The number of benzene rings is 1. The molecule has 0 radical (unpaired) electrons. The molecule has 1 aromatic carbocycles. The van der Waals surface area contributed by atoms with Gasteiger partial charge in [0.15, 0.2) is 0 Å². The fourth-order valence-corrected chi connectivity index (χ4v) is 2.98. The van der Waals surface area contributed by atoms with Gasteiger partial charge in [0.1, 0.15) is 0 Å². The van der Waals surface area contributed by atoms with Gasteiger partial charge >= 0.3 is 5.97 Å². The summed E-state index contributed by atoms with van der Waals surface area (Å²) >= 11 is 9.60. The summed E-state index contributed by atoms with van der Waals surface area (Å²) in [6.07, 6.45) is 0.300. The molecular weight excluding hydrogens is 344 g/mol. The maximum absolute atomic E-state index is 11.6. The van der Waals surface area contributed by atoms with Crippen molar-refractivity contribution in [2.45, 2.75) is 19.3 Å². The first-order valence-corrected chi connectivity index (χ1v) is 7.24. The van der Waals surface area contributed by atoms with E-state index in [1.54, 1.807) is 24.7 Å². The van der Waals surface area contributed by atoms with E-state index in [0.717, 1.165) is 15.7 Å². The molecule has 4 nitrogen and oxygen atoms in total. The molecule has 20 heavy (non-hydrogen) atoms. The maximum atomic E-state index is 11.6. The lowest BCUT2D eigenvalue weighted by atomic mass is 9.94. The van der Waals surface area contributed by atoms with Gasteiger partial charge in [-0.15, -0.1) is 0 Å². The fourth-order valence-electron chi connectivity index (χ4n) is 2.18. The van der Waals surface area contributed by atoms with Crippen LogP contribution in [0.3, 0.4) is 0 Å². The molecule has 0 spiro atoms. The third-order valence-electron chi connectivity index (χ3n) is 3.24. The number of aryl methyl sites for hydroxylation is 2. The van der Waals surface area contributed by atoms with Crippen LogP contribution in [0.25, 0.3) is 0 Å². The summed E-state index contributed by atoms with van der Waals surface area (Å²) in [6.45, 7) is 1.81. The van der Waals surface area contributed by atoms with Gasteiger partial charge < -0.3 is 5.11 Å². The van der Waals surface area contributed by atoms with E-state index in [0.29, 0.717) is 17.1 Å². The molecule has 1 atom stereocenters. The summed E-state index contributed by atoms with van der Waals surface area (Å²) in [5, 5.41) is 14.3. The minimum Gasteiger partial charge on any atom is -0.481 e. The van der Waals surface area contributed by atoms with Crippen LogP contribution >= 0.6 is 27.5 Å². The van der Waals surface area contributed by atoms with Crippen molar-refractivity contribution in [2.24, 2.45) is 7.05 Å². The number of hydrogen-bond acceptors (Lipinski definition) is 2. The second kappa shape index (κ2) is 5.97. The third-order valence-corrected chi connectivity index (χ3v) is 4.45. The maximum Gasteiger partial charge on any atom is 0.311 e. The second-order valence-corrected chi connectivity index (χ2v) is 5.82. The number of halogens is 2. The van der Waals surface area contributed by atoms with E-state index in [1.807, 2.05) is 18.2 Å². The summed E-state index contributed by atoms with van der Waals surface area (Å²) in [4.78, 5) is 11.6. The van der Waals surface area contributed by atoms with Crippen LogP contribution in [0.4, 0.5) is 0 Å². The Morgan fingerprint density at radius 2 is 2.15 bits per heavy atom. The minimum atomic E-state index is -0.883. The Labute approximate surface area is 130 Å². The van der Waals surface area contributed by atoms with E-state index in [-0.39, 0.29) is 0 Å². The van der Waals surface area contributed by atoms with Gasteiger partial charge in [-0.25, -0.2) is 0 Å². The zero-order valence-electron chi connectivity index (χ0n) is 11.1. The van der Waals surface area contributed by atoms with Gasteiger partial charge in [0.2, 0.25) is 0 Å². The van der Waals surface area contributed by atoms with Gasteiger partial charge in [-0.2, -0.15) is 5.10 Å². The van der Waals surface area contributed by atoms with Gasteiger partial charge in [0, 0.05) is 17.9 Å². The molecule has 1 aromatic heterocycles. The molecule has 6 heteroatoms. The molecule has 0 fully saturated rings. The van der Waals surface area contributed by atoms with Crippen LogP contribution in [-0.4, -0.2) is 20.9 Å². The lowest BCUT2D eigenvalue weighted by molar-refractivity contribution is -0.138. The lowest BCUT2D eigenvalue weighted by Crippen LogP contribution is -2.17. The molecular formula is C14H14BrClN2O2. The average Bonchev–Trinajstić information content (AvgIpc) is 2.62. The molecule has 0 aliphatic rings. The predicted molar refractivity (Wildman–Crippen MR) is 81.2 cm³/mol. The van der Waals surface area contributed by atoms with Crippen LogP contribution in [-0.2, 0) is 18.3 Å². The highest BCUT2D eigenvalue weighted by molar-refractivity contribution is 9.10. The molecule has 0 aliphatic carbocycles. The molecule has 0 aliphatic heterocycles. The van der Waals surface area contributed by atoms with Crippen LogP contribution in [0.2, 0.25) is 5.02 Å². The van der Waals surface area contributed by atoms with Crippen molar-refractivity contribution in [1.82, 2.24) is 9.78 Å². The van der Waals surface area contributed by atoms with Crippen LogP contribution < -0.4 is 0 Å². The highest BCUT2D eigenvalue weighted by atomic mass is 79.9. The first kappa shape index (κ1) is 15.1. The number of rotatable bonds is 4. The minimum absolute atomic E-state index is 0.300. The molecule has 1 heterocycles. The first-order valence-electron chi connectivity index (χ1n) is 6.07.